The SMILES string of the molecule is CC#CN(C)CC(=O)N(C)CCNC(=O)C(C)CN. The van der Waals surface area contributed by atoms with Crippen molar-refractivity contribution >= 4 is 11.8 Å². The Hall–Kier alpha value is -1.74. The highest BCUT2D eigenvalue weighted by atomic mass is 16.2. The fourth-order valence-electron chi connectivity index (χ4n) is 1.31. The van der Waals surface area contributed by atoms with Gasteiger partial charge in [0.25, 0.3) is 0 Å². The molecule has 3 N–H and O–H groups in total. The Balaban J connectivity index is 3.96. The Kier molecular flexibility index (Phi) is 8.38. The lowest BCUT2D eigenvalue weighted by atomic mass is 10.2. The van der Waals surface area contributed by atoms with Gasteiger partial charge in [-0.2, -0.15) is 0 Å². The van der Waals surface area contributed by atoms with Crippen LogP contribution >= 0.6 is 0 Å². The second kappa shape index (κ2) is 9.22. The molecular weight excluding hydrogens is 244 g/mol. The zero-order valence-corrected chi connectivity index (χ0v) is 12.2. The number of likely N-dealkylation sites (N-methyl/N-ethyl adjacent to an activating group) is 2. The molecule has 108 valence electrons. The van der Waals surface area contributed by atoms with Crippen molar-refractivity contribution in [2.75, 3.05) is 40.3 Å². The number of carbonyl (C=O) groups excluding carboxylic acids is 2. The zero-order valence-electron chi connectivity index (χ0n) is 12.2. The van der Waals surface area contributed by atoms with E-state index in [4.69, 9.17) is 5.73 Å². The number of hydrogen-bond donors (Lipinski definition) is 2. The highest BCUT2D eigenvalue weighted by Crippen LogP contribution is 1.91. The van der Waals surface area contributed by atoms with Crippen molar-refractivity contribution in [3.63, 3.8) is 0 Å². The summed E-state index contributed by atoms with van der Waals surface area (Å²) in [6.07, 6.45) is 0. The molecule has 0 rings (SSSR count). The first-order chi connectivity index (χ1) is 8.92. The topological polar surface area (TPSA) is 78.7 Å². The van der Waals surface area contributed by atoms with Crippen molar-refractivity contribution in [3.05, 3.63) is 0 Å². The highest BCUT2D eigenvalue weighted by molar-refractivity contribution is 5.79. The summed E-state index contributed by atoms with van der Waals surface area (Å²) in [5, 5.41) is 2.74. The van der Waals surface area contributed by atoms with Gasteiger partial charge in [-0.05, 0) is 6.92 Å². The minimum atomic E-state index is -0.202. The molecule has 0 aliphatic heterocycles. The molecule has 0 aromatic carbocycles. The minimum absolute atomic E-state index is 0.0358. The molecule has 1 unspecified atom stereocenters. The van der Waals surface area contributed by atoms with Crippen molar-refractivity contribution in [2.24, 2.45) is 11.7 Å². The van der Waals surface area contributed by atoms with Gasteiger partial charge < -0.3 is 20.9 Å². The number of nitrogens with zero attached hydrogens (tertiary/aromatic N) is 2. The average molecular weight is 268 g/mol. The van der Waals surface area contributed by atoms with Gasteiger partial charge >= 0.3 is 0 Å². The quantitative estimate of drug-likeness (QED) is 0.462. The standard InChI is InChI=1S/C13H24N4O2/c1-5-7-16(3)10-12(18)17(4)8-6-15-13(19)11(2)9-14/h11H,6,8-10,14H2,1-4H3,(H,15,19). The second-order valence-corrected chi connectivity index (χ2v) is 4.46. The van der Waals surface area contributed by atoms with Crippen LogP contribution < -0.4 is 11.1 Å². The molecule has 6 heteroatoms. The number of hydrogen-bond acceptors (Lipinski definition) is 4. The molecule has 0 saturated carbocycles. The Morgan fingerprint density at radius 2 is 2.00 bits per heavy atom. The van der Waals surface area contributed by atoms with E-state index in [1.807, 2.05) is 0 Å². The van der Waals surface area contributed by atoms with Crippen molar-refractivity contribution in [1.29, 1.82) is 0 Å². The van der Waals surface area contributed by atoms with Gasteiger partial charge in [0.05, 0.1) is 0 Å². The maximum Gasteiger partial charge on any atom is 0.242 e. The summed E-state index contributed by atoms with van der Waals surface area (Å²) in [6, 6.07) is 2.78. The Morgan fingerprint density at radius 1 is 1.37 bits per heavy atom. The van der Waals surface area contributed by atoms with Crippen molar-refractivity contribution in [2.45, 2.75) is 13.8 Å². The van der Waals surface area contributed by atoms with Crippen LogP contribution in [0.15, 0.2) is 0 Å². The summed E-state index contributed by atoms with van der Waals surface area (Å²) in [4.78, 5) is 26.4. The van der Waals surface area contributed by atoms with E-state index in [9.17, 15) is 9.59 Å². The van der Waals surface area contributed by atoms with Crippen LogP contribution in [0.25, 0.3) is 0 Å². The summed E-state index contributed by atoms with van der Waals surface area (Å²) in [7, 11) is 3.46. The van der Waals surface area contributed by atoms with Gasteiger partial charge in [-0.15, -0.1) is 0 Å². The number of carbonyl (C=O) groups is 2. The lowest BCUT2D eigenvalue weighted by molar-refractivity contribution is -0.131. The summed E-state index contributed by atoms with van der Waals surface area (Å²) >= 11 is 0. The molecule has 0 radical (unpaired) electrons. The van der Waals surface area contributed by atoms with Gasteiger partial charge in [0, 0.05) is 45.7 Å². The van der Waals surface area contributed by atoms with Crippen molar-refractivity contribution in [1.82, 2.24) is 15.1 Å². The lowest BCUT2D eigenvalue weighted by Gasteiger charge is -2.20. The molecule has 6 nitrogen and oxygen atoms in total. The van der Waals surface area contributed by atoms with Crippen molar-refractivity contribution in [3.8, 4) is 12.0 Å². The summed E-state index contributed by atoms with van der Waals surface area (Å²) in [6.45, 7) is 4.94. The number of nitrogens with two attached hydrogens (primary N) is 1. The van der Waals surface area contributed by atoms with Crippen molar-refractivity contribution < 1.29 is 9.59 Å². The van der Waals surface area contributed by atoms with Gasteiger partial charge in [0.2, 0.25) is 11.8 Å². The predicted molar refractivity (Wildman–Crippen MR) is 74.9 cm³/mol. The molecule has 0 aromatic heterocycles. The average Bonchev–Trinajstić information content (AvgIpc) is 2.37. The van der Waals surface area contributed by atoms with Crippen LogP contribution in [0, 0.1) is 17.9 Å². The third kappa shape index (κ3) is 7.32. The predicted octanol–water partition coefficient (Wildman–Crippen LogP) is -0.932. The highest BCUT2D eigenvalue weighted by Gasteiger charge is 2.12. The van der Waals surface area contributed by atoms with E-state index in [2.05, 4.69) is 17.3 Å². The van der Waals surface area contributed by atoms with Crippen LogP contribution in [0.2, 0.25) is 0 Å². The Morgan fingerprint density at radius 3 is 2.53 bits per heavy atom. The first-order valence-corrected chi connectivity index (χ1v) is 6.27. The van der Waals surface area contributed by atoms with Gasteiger partial charge in [0.1, 0.15) is 6.54 Å². The Bertz CT molecular complexity index is 359. The van der Waals surface area contributed by atoms with Crippen LogP contribution in [0.4, 0.5) is 0 Å². The number of amides is 2. The summed E-state index contributed by atoms with van der Waals surface area (Å²) in [5.74, 6) is 2.40. The maximum atomic E-state index is 11.8. The fourth-order valence-corrected chi connectivity index (χ4v) is 1.31. The zero-order chi connectivity index (χ0) is 14.8. The molecule has 0 aliphatic rings. The molecule has 0 fully saturated rings. The monoisotopic (exact) mass is 268 g/mol. The van der Waals surface area contributed by atoms with Crippen LogP contribution in [0.3, 0.4) is 0 Å². The van der Waals surface area contributed by atoms with Gasteiger partial charge in [-0.3, -0.25) is 9.59 Å². The fraction of sp³-hybridized carbons (Fsp3) is 0.692. The van der Waals surface area contributed by atoms with Crippen LogP contribution in [-0.2, 0) is 9.59 Å². The first-order valence-electron chi connectivity index (χ1n) is 6.27. The normalized spacial score (nSPS) is 11.0. The lowest BCUT2D eigenvalue weighted by Crippen LogP contribution is -2.41. The molecule has 0 aliphatic carbocycles. The minimum Gasteiger partial charge on any atom is -0.354 e. The van der Waals surface area contributed by atoms with E-state index < -0.39 is 0 Å². The molecule has 0 spiro atoms. The molecule has 0 heterocycles. The molecule has 1 atom stereocenters. The third-order valence-corrected chi connectivity index (χ3v) is 2.65. The molecule has 0 saturated heterocycles. The van der Waals surface area contributed by atoms with Gasteiger partial charge in [0.15, 0.2) is 0 Å². The number of rotatable bonds is 7. The largest absolute Gasteiger partial charge is 0.354 e. The van der Waals surface area contributed by atoms with E-state index in [1.165, 1.54) is 0 Å². The third-order valence-electron chi connectivity index (χ3n) is 2.65. The van der Waals surface area contributed by atoms with E-state index in [0.29, 0.717) is 19.6 Å². The molecule has 19 heavy (non-hydrogen) atoms. The summed E-state index contributed by atoms with van der Waals surface area (Å²) in [5.41, 5.74) is 5.39. The van der Waals surface area contributed by atoms with E-state index in [-0.39, 0.29) is 24.3 Å². The van der Waals surface area contributed by atoms with Gasteiger partial charge in [-0.25, -0.2) is 0 Å². The summed E-state index contributed by atoms with van der Waals surface area (Å²) < 4.78 is 0. The molecular formula is C13H24N4O2. The molecule has 0 aromatic rings. The Labute approximate surface area is 115 Å². The van der Waals surface area contributed by atoms with Gasteiger partial charge in [-0.1, -0.05) is 12.8 Å². The van der Waals surface area contributed by atoms with Crippen LogP contribution in [0.5, 0.6) is 0 Å². The van der Waals surface area contributed by atoms with Crippen LogP contribution in [0.1, 0.15) is 13.8 Å². The maximum absolute atomic E-state index is 11.8. The molecule has 2 amide bonds. The van der Waals surface area contributed by atoms with E-state index in [0.717, 1.165) is 0 Å². The first kappa shape index (κ1) is 17.3. The van der Waals surface area contributed by atoms with E-state index in [1.54, 1.807) is 37.7 Å². The smallest absolute Gasteiger partial charge is 0.242 e. The molecule has 0 bridgehead atoms. The second-order valence-electron chi connectivity index (χ2n) is 4.46. The van der Waals surface area contributed by atoms with Crippen LogP contribution in [-0.4, -0.2) is 61.9 Å². The number of nitrogens with one attached hydrogen (secondary N) is 1. The van der Waals surface area contributed by atoms with E-state index >= 15 is 0 Å².